The van der Waals surface area contributed by atoms with Crippen molar-refractivity contribution in [2.45, 2.75) is 19.9 Å². The quantitative estimate of drug-likeness (QED) is 0.531. The fourth-order valence-electron chi connectivity index (χ4n) is 1.40. The van der Waals surface area contributed by atoms with Crippen molar-refractivity contribution in [1.29, 1.82) is 5.41 Å². The van der Waals surface area contributed by atoms with Crippen LogP contribution in [-0.4, -0.2) is 33.6 Å². The minimum absolute atomic E-state index is 0.245. The monoisotopic (exact) mass is 209 g/mol. The summed E-state index contributed by atoms with van der Waals surface area (Å²) in [5, 5.41) is 11.5. The fourth-order valence-corrected chi connectivity index (χ4v) is 1.40. The Hall–Kier alpha value is -1.36. The van der Waals surface area contributed by atoms with Crippen molar-refractivity contribution in [3.05, 3.63) is 18.0 Å². The van der Waals surface area contributed by atoms with Gasteiger partial charge in [-0.3, -0.25) is 15.0 Å². The molecule has 1 heterocycles. The van der Waals surface area contributed by atoms with Crippen molar-refractivity contribution in [1.82, 2.24) is 14.7 Å². The van der Waals surface area contributed by atoms with Gasteiger partial charge in [0.05, 0.1) is 11.5 Å². The molecular weight excluding hydrogens is 190 g/mol. The second kappa shape index (κ2) is 5.50. The van der Waals surface area contributed by atoms with E-state index in [2.05, 4.69) is 16.9 Å². The molecule has 5 nitrogen and oxygen atoms in total. The topological polar surface area (TPSA) is 70.9 Å². The largest absolute Gasteiger partial charge is 0.388 e. The molecule has 0 radical (unpaired) electrons. The zero-order chi connectivity index (χ0) is 11.3. The highest BCUT2D eigenvalue weighted by molar-refractivity contribution is 5.76. The molecule has 84 valence electrons. The molecule has 0 fully saturated rings. The molecule has 0 unspecified atom stereocenters. The molecule has 0 aromatic carbocycles. The highest BCUT2D eigenvalue weighted by atomic mass is 15.3. The van der Waals surface area contributed by atoms with E-state index in [0.29, 0.717) is 6.42 Å². The summed E-state index contributed by atoms with van der Waals surface area (Å²) in [6.45, 7) is 4.69. The maximum absolute atomic E-state index is 7.18. The summed E-state index contributed by atoms with van der Waals surface area (Å²) in [6, 6.07) is 2.01. The van der Waals surface area contributed by atoms with Crippen LogP contribution in [0.5, 0.6) is 0 Å². The highest BCUT2D eigenvalue weighted by Crippen LogP contribution is 2.01. The second-order valence-corrected chi connectivity index (χ2v) is 3.62. The van der Waals surface area contributed by atoms with Gasteiger partial charge in [0.15, 0.2) is 0 Å². The maximum atomic E-state index is 7.18. The van der Waals surface area contributed by atoms with Gasteiger partial charge in [-0.15, -0.1) is 0 Å². The molecule has 1 aromatic heterocycles. The predicted octanol–water partition coefficient (Wildman–Crippen LogP) is 0.568. The first-order valence-corrected chi connectivity index (χ1v) is 5.15. The lowest BCUT2D eigenvalue weighted by atomic mass is 10.3. The first-order valence-electron chi connectivity index (χ1n) is 5.15. The normalized spacial score (nSPS) is 10.9. The molecule has 0 saturated heterocycles. The summed E-state index contributed by atoms with van der Waals surface area (Å²) >= 11 is 0. The second-order valence-electron chi connectivity index (χ2n) is 3.62. The van der Waals surface area contributed by atoms with Crippen LogP contribution in [0.2, 0.25) is 0 Å². The van der Waals surface area contributed by atoms with Crippen molar-refractivity contribution in [3.63, 3.8) is 0 Å². The average molecular weight is 209 g/mol. The van der Waals surface area contributed by atoms with Crippen LogP contribution in [0.3, 0.4) is 0 Å². The first kappa shape index (κ1) is 11.7. The van der Waals surface area contributed by atoms with Gasteiger partial charge in [-0.1, -0.05) is 6.92 Å². The SMILES string of the molecule is CCN(CCC(=N)N)Cc1ccn(C)n1. The maximum Gasteiger partial charge on any atom is 0.0918 e. The first-order chi connectivity index (χ1) is 7.11. The van der Waals surface area contributed by atoms with Gasteiger partial charge in [-0.05, 0) is 12.6 Å². The Kier molecular flexibility index (Phi) is 4.30. The van der Waals surface area contributed by atoms with Crippen LogP contribution < -0.4 is 5.73 Å². The molecule has 1 aromatic rings. The minimum Gasteiger partial charge on any atom is -0.388 e. The van der Waals surface area contributed by atoms with Gasteiger partial charge in [0, 0.05) is 32.8 Å². The molecule has 0 aliphatic carbocycles. The van der Waals surface area contributed by atoms with Crippen LogP contribution in [-0.2, 0) is 13.6 Å². The lowest BCUT2D eigenvalue weighted by Gasteiger charge is -2.18. The van der Waals surface area contributed by atoms with E-state index < -0.39 is 0 Å². The number of nitrogens with two attached hydrogens (primary N) is 1. The van der Waals surface area contributed by atoms with Gasteiger partial charge < -0.3 is 5.73 Å². The molecule has 0 saturated carbocycles. The van der Waals surface area contributed by atoms with Gasteiger partial charge in [-0.25, -0.2) is 0 Å². The third-order valence-corrected chi connectivity index (χ3v) is 2.30. The van der Waals surface area contributed by atoms with Gasteiger partial charge in [-0.2, -0.15) is 5.10 Å². The molecular formula is C10H19N5. The number of hydrogen-bond acceptors (Lipinski definition) is 3. The average Bonchev–Trinajstić information content (AvgIpc) is 2.58. The van der Waals surface area contributed by atoms with Crippen molar-refractivity contribution >= 4 is 5.84 Å². The summed E-state index contributed by atoms with van der Waals surface area (Å²) < 4.78 is 1.80. The van der Waals surface area contributed by atoms with Crippen molar-refractivity contribution in [2.75, 3.05) is 13.1 Å². The Balaban J connectivity index is 2.42. The molecule has 5 heteroatoms. The molecule has 0 amide bonds. The Labute approximate surface area is 90.4 Å². The summed E-state index contributed by atoms with van der Waals surface area (Å²) in [7, 11) is 1.91. The molecule has 0 bridgehead atoms. The van der Waals surface area contributed by atoms with E-state index in [1.807, 2.05) is 19.3 Å². The van der Waals surface area contributed by atoms with Crippen molar-refractivity contribution in [2.24, 2.45) is 12.8 Å². The molecule has 15 heavy (non-hydrogen) atoms. The Morgan fingerprint density at radius 1 is 1.67 bits per heavy atom. The summed E-state index contributed by atoms with van der Waals surface area (Å²) in [6.07, 6.45) is 2.56. The zero-order valence-corrected chi connectivity index (χ0v) is 9.40. The number of amidine groups is 1. The van der Waals surface area contributed by atoms with E-state index >= 15 is 0 Å². The predicted molar refractivity (Wildman–Crippen MR) is 60.7 cm³/mol. The molecule has 3 N–H and O–H groups in total. The Bertz CT molecular complexity index is 317. The molecule has 0 aliphatic heterocycles. The fraction of sp³-hybridized carbons (Fsp3) is 0.600. The summed E-state index contributed by atoms with van der Waals surface area (Å²) in [5.74, 6) is 0.245. The Morgan fingerprint density at radius 3 is 2.87 bits per heavy atom. The third kappa shape index (κ3) is 4.12. The van der Waals surface area contributed by atoms with Crippen molar-refractivity contribution in [3.8, 4) is 0 Å². The summed E-state index contributed by atoms with van der Waals surface area (Å²) in [5.41, 5.74) is 6.39. The van der Waals surface area contributed by atoms with E-state index in [1.54, 1.807) is 4.68 Å². The third-order valence-electron chi connectivity index (χ3n) is 2.30. The molecule has 0 spiro atoms. The molecule has 1 rings (SSSR count). The smallest absolute Gasteiger partial charge is 0.0918 e. The van der Waals surface area contributed by atoms with Crippen LogP contribution in [0.25, 0.3) is 0 Å². The number of aryl methyl sites for hydroxylation is 1. The number of nitrogens with zero attached hydrogens (tertiary/aromatic N) is 3. The number of rotatable bonds is 6. The highest BCUT2D eigenvalue weighted by Gasteiger charge is 2.05. The number of aromatic nitrogens is 2. The van der Waals surface area contributed by atoms with Gasteiger partial charge in [0.25, 0.3) is 0 Å². The summed E-state index contributed by atoms with van der Waals surface area (Å²) in [4.78, 5) is 2.23. The van der Waals surface area contributed by atoms with Gasteiger partial charge >= 0.3 is 0 Å². The van der Waals surface area contributed by atoms with E-state index in [1.165, 1.54) is 0 Å². The number of hydrogen-bond donors (Lipinski definition) is 2. The lowest BCUT2D eigenvalue weighted by molar-refractivity contribution is 0.284. The van der Waals surface area contributed by atoms with Crippen LogP contribution in [0.1, 0.15) is 19.0 Å². The van der Waals surface area contributed by atoms with Crippen LogP contribution in [0.4, 0.5) is 0 Å². The van der Waals surface area contributed by atoms with Gasteiger partial charge in [0.1, 0.15) is 0 Å². The molecule has 0 atom stereocenters. The van der Waals surface area contributed by atoms with E-state index in [9.17, 15) is 0 Å². The molecule has 0 aliphatic rings. The number of nitrogens with one attached hydrogen (secondary N) is 1. The van der Waals surface area contributed by atoms with Crippen molar-refractivity contribution < 1.29 is 0 Å². The van der Waals surface area contributed by atoms with E-state index in [4.69, 9.17) is 11.1 Å². The zero-order valence-electron chi connectivity index (χ0n) is 9.40. The van der Waals surface area contributed by atoms with Crippen LogP contribution >= 0.6 is 0 Å². The van der Waals surface area contributed by atoms with Gasteiger partial charge in [0.2, 0.25) is 0 Å². The standard InChI is InChI=1S/C10H19N5/c1-3-15(7-5-10(11)12)8-9-4-6-14(2)13-9/h4,6H,3,5,7-8H2,1-2H3,(H3,11,12). The van der Waals surface area contributed by atoms with Crippen LogP contribution in [0.15, 0.2) is 12.3 Å². The minimum atomic E-state index is 0.245. The lowest BCUT2D eigenvalue weighted by Crippen LogP contribution is -2.27. The Morgan fingerprint density at radius 2 is 2.40 bits per heavy atom. The van der Waals surface area contributed by atoms with E-state index in [0.717, 1.165) is 25.3 Å². The van der Waals surface area contributed by atoms with Crippen LogP contribution in [0, 0.1) is 5.41 Å². The van der Waals surface area contributed by atoms with E-state index in [-0.39, 0.29) is 5.84 Å².